The Balaban J connectivity index is 1.68. The molecule has 0 heterocycles. The van der Waals surface area contributed by atoms with Crippen molar-refractivity contribution in [1.82, 2.24) is 0 Å². The first-order valence-electron chi connectivity index (χ1n) is 8.74. The maximum Gasteiger partial charge on any atom is 0.139 e. The van der Waals surface area contributed by atoms with E-state index in [4.69, 9.17) is 0 Å². The lowest BCUT2D eigenvalue weighted by atomic mass is 9.46. The van der Waals surface area contributed by atoms with Gasteiger partial charge in [-0.2, -0.15) is 0 Å². The van der Waals surface area contributed by atoms with Crippen molar-refractivity contribution >= 4 is 5.78 Å². The van der Waals surface area contributed by atoms with Crippen LogP contribution in [0.3, 0.4) is 0 Å². The van der Waals surface area contributed by atoms with Crippen molar-refractivity contribution in [3.8, 4) is 0 Å². The first kappa shape index (κ1) is 13.1. The molecule has 4 aliphatic carbocycles. The van der Waals surface area contributed by atoms with Gasteiger partial charge in [-0.15, -0.1) is 0 Å². The average molecular weight is 272 g/mol. The van der Waals surface area contributed by atoms with Crippen molar-refractivity contribution in [3.63, 3.8) is 0 Å². The Morgan fingerprint density at radius 1 is 1.05 bits per heavy atom. The van der Waals surface area contributed by atoms with Crippen LogP contribution in [0.1, 0.15) is 65.2 Å². The number of carbonyl (C=O) groups is 1. The van der Waals surface area contributed by atoms with Crippen LogP contribution in [0.2, 0.25) is 0 Å². The van der Waals surface area contributed by atoms with Gasteiger partial charge in [0.05, 0.1) is 0 Å². The van der Waals surface area contributed by atoms with Crippen LogP contribution in [0.4, 0.5) is 0 Å². The van der Waals surface area contributed by atoms with Crippen molar-refractivity contribution in [3.05, 3.63) is 12.2 Å². The summed E-state index contributed by atoms with van der Waals surface area (Å²) in [5.74, 6) is 3.92. The molecular formula is C19H28O. The third kappa shape index (κ3) is 1.53. The molecule has 0 aromatic heterocycles. The standard InChI is InChI=1S/C19H28O/c1-18-11-4-3-5-13(18)6-7-14-15-8-9-17(20)19(15,2)12-10-16(14)18/h3-4,13-16H,5-12H2,1-2H3/t13-,14+,15+,16+,18+,19+/m0/s1. The van der Waals surface area contributed by atoms with E-state index in [1.54, 1.807) is 0 Å². The number of Topliss-reactive ketones (excluding diaryl/α,β-unsaturated/α-hetero) is 1. The van der Waals surface area contributed by atoms with E-state index >= 15 is 0 Å². The molecule has 3 saturated carbocycles. The van der Waals surface area contributed by atoms with E-state index in [9.17, 15) is 4.79 Å². The van der Waals surface area contributed by atoms with Crippen LogP contribution in [0, 0.1) is 34.5 Å². The third-order valence-corrected chi connectivity index (χ3v) is 7.92. The number of fused-ring (bicyclic) bond motifs is 5. The van der Waals surface area contributed by atoms with Crippen molar-refractivity contribution in [2.75, 3.05) is 0 Å². The minimum Gasteiger partial charge on any atom is -0.299 e. The zero-order chi connectivity index (χ0) is 14.0. The smallest absolute Gasteiger partial charge is 0.139 e. The van der Waals surface area contributed by atoms with Crippen LogP contribution in [0.15, 0.2) is 12.2 Å². The normalized spacial score (nSPS) is 54.2. The summed E-state index contributed by atoms with van der Waals surface area (Å²) in [6, 6.07) is 0. The average Bonchev–Trinajstić information content (AvgIpc) is 2.74. The van der Waals surface area contributed by atoms with Gasteiger partial charge in [-0.1, -0.05) is 26.0 Å². The summed E-state index contributed by atoms with van der Waals surface area (Å²) in [6.07, 6.45) is 14.8. The molecule has 0 N–H and O–H groups in total. The molecule has 0 unspecified atom stereocenters. The van der Waals surface area contributed by atoms with E-state index in [0.29, 0.717) is 17.1 Å². The molecule has 0 spiro atoms. The molecule has 0 amide bonds. The Hall–Kier alpha value is -0.590. The number of ketones is 1. The maximum absolute atomic E-state index is 12.4. The Morgan fingerprint density at radius 2 is 1.90 bits per heavy atom. The van der Waals surface area contributed by atoms with Crippen molar-refractivity contribution in [2.45, 2.75) is 65.2 Å². The van der Waals surface area contributed by atoms with E-state index in [1.807, 2.05) is 0 Å². The highest BCUT2D eigenvalue weighted by atomic mass is 16.1. The summed E-state index contributed by atoms with van der Waals surface area (Å²) < 4.78 is 0. The second kappa shape index (κ2) is 4.21. The van der Waals surface area contributed by atoms with Crippen LogP contribution in [-0.4, -0.2) is 5.78 Å². The molecule has 110 valence electrons. The van der Waals surface area contributed by atoms with Gasteiger partial charge in [-0.3, -0.25) is 4.79 Å². The molecular weight excluding hydrogens is 244 g/mol. The summed E-state index contributed by atoms with van der Waals surface area (Å²) in [7, 11) is 0. The van der Waals surface area contributed by atoms with Crippen molar-refractivity contribution in [1.29, 1.82) is 0 Å². The molecule has 20 heavy (non-hydrogen) atoms. The van der Waals surface area contributed by atoms with Crippen LogP contribution in [0.5, 0.6) is 0 Å². The fraction of sp³-hybridized carbons (Fsp3) is 0.842. The van der Waals surface area contributed by atoms with Crippen LogP contribution in [-0.2, 0) is 4.79 Å². The minimum absolute atomic E-state index is 0.0505. The topological polar surface area (TPSA) is 17.1 Å². The maximum atomic E-state index is 12.4. The molecule has 0 radical (unpaired) electrons. The number of hydrogen-bond donors (Lipinski definition) is 0. The van der Waals surface area contributed by atoms with E-state index in [2.05, 4.69) is 26.0 Å². The molecule has 1 nitrogen and oxygen atoms in total. The van der Waals surface area contributed by atoms with E-state index in [0.717, 1.165) is 24.2 Å². The fourth-order valence-corrected chi connectivity index (χ4v) is 6.61. The predicted octanol–water partition coefficient (Wildman–Crippen LogP) is 4.76. The Bertz CT molecular complexity index is 464. The molecule has 3 fully saturated rings. The van der Waals surface area contributed by atoms with Gasteiger partial charge in [-0.25, -0.2) is 0 Å². The third-order valence-electron chi connectivity index (χ3n) is 7.92. The molecule has 0 bridgehead atoms. The predicted molar refractivity (Wildman–Crippen MR) is 81.3 cm³/mol. The van der Waals surface area contributed by atoms with Crippen LogP contribution >= 0.6 is 0 Å². The molecule has 4 rings (SSSR count). The first-order valence-corrected chi connectivity index (χ1v) is 8.74. The summed E-state index contributed by atoms with van der Waals surface area (Å²) in [4.78, 5) is 12.4. The van der Waals surface area contributed by atoms with Crippen molar-refractivity contribution in [2.24, 2.45) is 34.5 Å². The monoisotopic (exact) mass is 272 g/mol. The Labute approximate surface area is 123 Å². The molecule has 6 atom stereocenters. The first-order chi connectivity index (χ1) is 9.56. The number of carbonyl (C=O) groups excluding carboxylic acids is 1. The van der Waals surface area contributed by atoms with Gasteiger partial charge in [0, 0.05) is 11.8 Å². The van der Waals surface area contributed by atoms with Gasteiger partial charge in [0.15, 0.2) is 0 Å². The van der Waals surface area contributed by atoms with Gasteiger partial charge in [0.1, 0.15) is 5.78 Å². The molecule has 1 heteroatoms. The lowest BCUT2D eigenvalue weighted by Crippen LogP contribution is -2.52. The zero-order valence-corrected chi connectivity index (χ0v) is 13.0. The largest absolute Gasteiger partial charge is 0.299 e. The van der Waals surface area contributed by atoms with Crippen molar-refractivity contribution < 1.29 is 4.79 Å². The second-order valence-corrected chi connectivity index (χ2v) is 8.49. The number of hydrogen-bond acceptors (Lipinski definition) is 1. The van der Waals surface area contributed by atoms with Gasteiger partial charge >= 0.3 is 0 Å². The molecule has 4 aliphatic rings. The highest BCUT2D eigenvalue weighted by Gasteiger charge is 2.59. The minimum atomic E-state index is 0.0505. The molecule has 0 aliphatic heterocycles. The van der Waals surface area contributed by atoms with Crippen LogP contribution in [0.25, 0.3) is 0 Å². The summed E-state index contributed by atoms with van der Waals surface area (Å²) in [5.41, 5.74) is 0.583. The Morgan fingerprint density at radius 3 is 2.75 bits per heavy atom. The molecule has 0 aromatic rings. The second-order valence-electron chi connectivity index (χ2n) is 8.49. The summed E-state index contributed by atoms with van der Waals surface area (Å²) in [6.45, 7) is 4.86. The number of allylic oxidation sites excluding steroid dienone is 2. The lowest BCUT2D eigenvalue weighted by molar-refractivity contribution is -0.136. The van der Waals surface area contributed by atoms with Gasteiger partial charge in [-0.05, 0) is 74.0 Å². The highest BCUT2D eigenvalue weighted by Crippen LogP contribution is 2.64. The SMILES string of the molecule is C[C@@]12CC=CC[C@H]1CC[C@H]1[C@H]2CC[C@@]2(C)C(=O)CC[C@H]12. The van der Waals surface area contributed by atoms with Gasteiger partial charge in [0.2, 0.25) is 0 Å². The number of rotatable bonds is 0. The lowest BCUT2D eigenvalue weighted by Gasteiger charge is -2.58. The van der Waals surface area contributed by atoms with Gasteiger partial charge in [0.25, 0.3) is 0 Å². The quantitative estimate of drug-likeness (QED) is 0.581. The fourth-order valence-electron chi connectivity index (χ4n) is 6.61. The molecule has 0 aromatic carbocycles. The molecule has 0 saturated heterocycles. The van der Waals surface area contributed by atoms with E-state index in [1.165, 1.54) is 44.9 Å². The summed E-state index contributed by atoms with van der Waals surface area (Å²) in [5, 5.41) is 0. The Kier molecular flexibility index (Phi) is 2.76. The van der Waals surface area contributed by atoms with E-state index in [-0.39, 0.29) is 5.41 Å². The van der Waals surface area contributed by atoms with E-state index < -0.39 is 0 Å². The highest BCUT2D eigenvalue weighted by molar-refractivity contribution is 5.87. The van der Waals surface area contributed by atoms with Gasteiger partial charge < -0.3 is 0 Å². The zero-order valence-electron chi connectivity index (χ0n) is 13.0. The van der Waals surface area contributed by atoms with Crippen LogP contribution < -0.4 is 0 Å². The summed E-state index contributed by atoms with van der Waals surface area (Å²) >= 11 is 0.